The molecule has 1 fully saturated rings. The van der Waals surface area contributed by atoms with Crippen molar-refractivity contribution < 1.29 is 5.11 Å². The van der Waals surface area contributed by atoms with E-state index in [1.54, 1.807) is 0 Å². The molecule has 0 saturated heterocycles. The summed E-state index contributed by atoms with van der Waals surface area (Å²) in [6.07, 6.45) is 5.73. The van der Waals surface area contributed by atoms with Gasteiger partial charge in [0.1, 0.15) is 0 Å². The Morgan fingerprint density at radius 1 is 1.33 bits per heavy atom. The van der Waals surface area contributed by atoms with Crippen molar-refractivity contribution in [1.29, 1.82) is 0 Å². The molecule has 3 nitrogen and oxygen atoms in total. The maximum absolute atomic E-state index is 9.22. The number of aliphatic hydroxyl groups is 1. The second kappa shape index (κ2) is 4.80. The van der Waals surface area contributed by atoms with Crippen LogP contribution in [0.3, 0.4) is 0 Å². The van der Waals surface area contributed by atoms with Crippen LogP contribution in [0.15, 0.2) is 0 Å². The van der Waals surface area contributed by atoms with E-state index in [1.165, 1.54) is 12.8 Å². The first-order valence-electron chi connectivity index (χ1n) is 4.89. The van der Waals surface area contributed by atoms with Crippen molar-refractivity contribution in [3.05, 3.63) is 0 Å². The van der Waals surface area contributed by atoms with E-state index >= 15 is 0 Å². The third-order valence-corrected chi connectivity index (χ3v) is 2.74. The molecule has 1 aliphatic carbocycles. The SMILES string of the molecule is NCCCNC1(CO)CCCC1. The minimum Gasteiger partial charge on any atom is -0.394 e. The van der Waals surface area contributed by atoms with Gasteiger partial charge in [-0.3, -0.25) is 0 Å². The highest BCUT2D eigenvalue weighted by molar-refractivity contribution is 4.91. The van der Waals surface area contributed by atoms with E-state index in [2.05, 4.69) is 5.32 Å². The Bertz CT molecular complexity index is 122. The van der Waals surface area contributed by atoms with Crippen molar-refractivity contribution >= 4 is 0 Å². The first-order chi connectivity index (χ1) is 5.83. The smallest absolute Gasteiger partial charge is 0.0613 e. The van der Waals surface area contributed by atoms with Crippen LogP contribution in [-0.2, 0) is 0 Å². The van der Waals surface area contributed by atoms with Gasteiger partial charge in [0.2, 0.25) is 0 Å². The van der Waals surface area contributed by atoms with Crippen LogP contribution in [0, 0.1) is 0 Å². The van der Waals surface area contributed by atoms with E-state index in [1.807, 2.05) is 0 Å². The molecule has 0 spiro atoms. The summed E-state index contributed by atoms with van der Waals surface area (Å²) in [5, 5.41) is 12.6. The quantitative estimate of drug-likeness (QED) is 0.520. The standard InChI is InChI=1S/C9H20N2O/c10-6-3-7-11-9(8-12)4-1-2-5-9/h11-12H,1-8,10H2. The van der Waals surface area contributed by atoms with Gasteiger partial charge in [-0.25, -0.2) is 0 Å². The summed E-state index contributed by atoms with van der Waals surface area (Å²) in [5.41, 5.74) is 5.43. The summed E-state index contributed by atoms with van der Waals surface area (Å²) in [4.78, 5) is 0. The first-order valence-corrected chi connectivity index (χ1v) is 4.89. The van der Waals surface area contributed by atoms with E-state index in [0.29, 0.717) is 0 Å². The van der Waals surface area contributed by atoms with Crippen molar-refractivity contribution in [1.82, 2.24) is 5.32 Å². The Morgan fingerprint density at radius 2 is 2.00 bits per heavy atom. The van der Waals surface area contributed by atoms with E-state index in [9.17, 15) is 5.11 Å². The van der Waals surface area contributed by atoms with Gasteiger partial charge >= 0.3 is 0 Å². The van der Waals surface area contributed by atoms with Crippen LogP contribution in [0.2, 0.25) is 0 Å². The predicted octanol–water partition coefficient (Wildman–Crippen LogP) is 0.230. The number of nitrogens with two attached hydrogens (primary N) is 1. The summed E-state index contributed by atoms with van der Waals surface area (Å²) in [5.74, 6) is 0. The van der Waals surface area contributed by atoms with Crippen molar-refractivity contribution in [2.24, 2.45) is 5.73 Å². The Balaban J connectivity index is 2.24. The Kier molecular flexibility index (Phi) is 3.98. The lowest BCUT2D eigenvalue weighted by Crippen LogP contribution is -2.46. The molecule has 3 heteroatoms. The largest absolute Gasteiger partial charge is 0.394 e. The van der Waals surface area contributed by atoms with Crippen LogP contribution >= 0.6 is 0 Å². The summed E-state index contributed by atoms with van der Waals surface area (Å²) in [6.45, 7) is 1.95. The zero-order valence-corrected chi connectivity index (χ0v) is 7.68. The highest BCUT2D eigenvalue weighted by atomic mass is 16.3. The van der Waals surface area contributed by atoms with Crippen LogP contribution in [0.5, 0.6) is 0 Å². The molecule has 0 atom stereocenters. The number of hydrogen-bond donors (Lipinski definition) is 3. The second-order valence-electron chi connectivity index (χ2n) is 3.71. The lowest BCUT2D eigenvalue weighted by Gasteiger charge is -2.27. The van der Waals surface area contributed by atoms with Crippen molar-refractivity contribution in [3.8, 4) is 0 Å². The van der Waals surface area contributed by atoms with Gasteiger partial charge < -0.3 is 16.2 Å². The number of nitrogens with one attached hydrogen (secondary N) is 1. The average Bonchev–Trinajstić information content (AvgIpc) is 2.55. The van der Waals surface area contributed by atoms with Crippen LogP contribution in [0.4, 0.5) is 0 Å². The molecule has 0 heterocycles. The summed E-state index contributed by atoms with van der Waals surface area (Å²) in [7, 11) is 0. The molecular formula is C9H20N2O. The van der Waals surface area contributed by atoms with E-state index in [-0.39, 0.29) is 12.1 Å². The third kappa shape index (κ3) is 2.44. The molecule has 1 aliphatic rings. The monoisotopic (exact) mass is 172 g/mol. The maximum Gasteiger partial charge on any atom is 0.0613 e. The van der Waals surface area contributed by atoms with Gasteiger partial charge in [-0.05, 0) is 32.4 Å². The molecule has 1 saturated carbocycles. The van der Waals surface area contributed by atoms with Gasteiger partial charge in [-0.2, -0.15) is 0 Å². The van der Waals surface area contributed by atoms with Crippen molar-refractivity contribution in [3.63, 3.8) is 0 Å². The lowest BCUT2D eigenvalue weighted by atomic mass is 9.99. The fourth-order valence-electron chi connectivity index (χ4n) is 1.90. The van der Waals surface area contributed by atoms with Gasteiger partial charge in [0.15, 0.2) is 0 Å². The molecule has 0 aromatic rings. The Hall–Kier alpha value is -0.120. The molecule has 1 rings (SSSR count). The molecule has 4 N–H and O–H groups in total. The molecule has 72 valence electrons. The minimum atomic E-state index is 0.0369. The molecule has 0 radical (unpaired) electrons. The van der Waals surface area contributed by atoms with Crippen LogP contribution in [-0.4, -0.2) is 30.3 Å². The molecule has 0 aromatic carbocycles. The maximum atomic E-state index is 9.22. The zero-order chi connectivity index (χ0) is 8.86. The Morgan fingerprint density at radius 3 is 2.50 bits per heavy atom. The fraction of sp³-hybridized carbons (Fsp3) is 1.00. The molecule has 12 heavy (non-hydrogen) atoms. The number of aliphatic hydroxyl groups excluding tert-OH is 1. The molecule has 0 unspecified atom stereocenters. The Labute approximate surface area is 74.3 Å². The number of hydrogen-bond acceptors (Lipinski definition) is 3. The normalized spacial score (nSPS) is 21.5. The molecule has 0 amide bonds. The average molecular weight is 172 g/mol. The van der Waals surface area contributed by atoms with Gasteiger partial charge in [0, 0.05) is 5.54 Å². The highest BCUT2D eigenvalue weighted by Gasteiger charge is 2.31. The minimum absolute atomic E-state index is 0.0369. The van der Waals surface area contributed by atoms with Gasteiger partial charge in [0.05, 0.1) is 6.61 Å². The fourth-order valence-corrected chi connectivity index (χ4v) is 1.90. The van der Waals surface area contributed by atoms with Gasteiger partial charge in [-0.15, -0.1) is 0 Å². The second-order valence-corrected chi connectivity index (χ2v) is 3.71. The van der Waals surface area contributed by atoms with E-state index in [4.69, 9.17) is 5.73 Å². The predicted molar refractivity (Wildman–Crippen MR) is 50.0 cm³/mol. The topological polar surface area (TPSA) is 58.3 Å². The van der Waals surface area contributed by atoms with Crippen LogP contribution < -0.4 is 11.1 Å². The van der Waals surface area contributed by atoms with Gasteiger partial charge in [-0.1, -0.05) is 12.8 Å². The number of rotatable bonds is 5. The summed E-state index contributed by atoms with van der Waals surface area (Å²) in [6, 6.07) is 0. The van der Waals surface area contributed by atoms with Crippen molar-refractivity contribution in [2.75, 3.05) is 19.7 Å². The molecule has 0 aliphatic heterocycles. The van der Waals surface area contributed by atoms with E-state index < -0.39 is 0 Å². The summed E-state index contributed by atoms with van der Waals surface area (Å²) < 4.78 is 0. The molecular weight excluding hydrogens is 152 g/mol. The highest BCUT2D eigenvalue weighted by Crippen LogP contribution is 2.28. The molecule has 0 aromatic heterocycles. The first kappa shape index (κ1) is 9.96. The van der Waals surface area contributed by atoms with Crippen LogP contribution in [0.25, 0.3) is 0 Å². The lowest BCUT2D eigenvalue weighted by molar-refractivity contribution is 0.164. The van der Waals surface area contributed by atoms with Crippen molar-refractivity contribution in [2.45, 2.75) is 37.6 Å². The van der Waals surface area contributed by atoms with Gasteiger partial charge in [0.25, 0.3) is 0 Å². The van der Waals surface area contributed by atoms with E-state index in [0.717, 1.165) is 32.4 Å². The molecule has 0 bridgehead atoms. The zero-order valence-electron chi connectivity index (χ0n) is 7.68. The third-order valence-electron chi connectivity index (χ3n) is 2.74. The van der Waals surface area contributed by atoms with Crippen LogP contribution in [0.1, 0.15) is 32.1 Å². The summed E-state index contributed by atoms with van der Waals surface area (Å²) >= 11 is 0.